The molecule has 0 N–H and O–H groups in total. The Hall–Kier alpha value is -2.10. The van der Waals surface area contributed by atoms with Crippen LogP contribution >= 0.6 is 0 Å². The maximum absolute atomic E-state index is 10.4. The second-order valence-corrected chi connectivity index (χ2v) is 3.34. The quantitative estimate of drug-likeness (QED) is 0.555. The summed E-state index contributed by atoms with van der Waals surface area (Å²) in [5, 5.41) is 10.4. The third kappa shape index (κ3) is 1.88. The molecule has 0 aliphatic rings. The highest BCUT2D eigenvalue weighted by atomic mass is 16.6. The van der Waals surface area contributed by atoms with Crippen LogP contribution in [-0.4, -0.2) is 9.32 Å². The summed E-state index contributed by atoms with van der Waals surface area (Å²) >= 11 is 0. The van der Waals surface area contributed by atoms with E-state index in [1.807, 2.05) is 41.1 Å². The summed E-state index contributed by atoms with van der Waals surface area (Å²) < 4.78 is 1.96. The molecule has 0 radical (unpaired) electrons. The molecule has 76 valence electrons. The fourth-order valence-corrected chi connectivity index (χ4v) is 1.43. The van der Waals surface area contributed by atoms with Crippen molar-refractivity contribution < 1.29 is 4.92 Å². The molecule has 15 heavy (non-hydrogen) atoms. The van der Waals surface area contributed by atoms with E-state index in [1.165, 1.54) is 6.92 Å². The predicted molar refractivity (Wildman–Crippen MR) is 58.0 cm³/mol. The van der Waals surface area contributed by atoms with Gasteiger partial charge in [0.15, 0.2) is 0 Å². The Balaban J connectivity index is 2.44. The van der Waals surface area contributed by atoms with Crippen molar-refractivity contribution in [1.29, 1.82) is 0 Å². The Morgan fingerprint density at radius 3 is 3.00 bits per heavy atom. The van der Waals surface area contributed by atoms with Crippen LogP contribution in [0.4, 0.5) is 0 Å². The van der Waals surface area contributed by atoms with Crippen molar-refractivity contribution in [3.63, 3.8) is 0 Å². The summed E-state index contributed by atoms with van der Waals surface area (Å²) in [7, 11) is 0. The van der Waals surface area contributed by atoms with Crippen LogP contribution in [0, 0.1) is 10.1 Å². The van der Waals surface area contributed by atoms with Crippen molar-refractivity contribution in [2.45, 2.75) is 6.92 Å². The summed E-state index contributed by atoms with van der Waals surface area (Å²) in [5.41, 5.74) is 2.02. The van der Waals surface area contributed by atoms with Gasteiger partial charge in [-0.1, -0.05) is 0 Å². The highest BCUT2D eigenvalue weighted by Crippen LogP contribution is 2.11. The third-order valence-corrected chi connectivity index (χ3v) is 2.22. The lowest BCUT2D eigenvalue weighted by Crippen LogP contribution is -1.93. The molecule has 4 heteroatoms. The number of aromatic nitrogens is 1. The highest BCUT2D eigenvalue weighted by molar-refractivity contribution is 5.59. The van der Waals surface area contributed by atoms with E-state index in [2.05, 4.69) is 0 Å². The Bertz CT molecular complexity index is 540. The minimum absolute atomic E-state index is 0.144. The average Bonchev–Trinajstić information content (AvgIpc) is 2.64. The highest BCUT2D eigenvalue weighted by Gasteiger charge is 2.02. The van der Waals surface area contributed by atoms with Crippen LogP contribution in [0.3, 0.4) is 0 Å². The molecule has 2 rings (SSSR count). The van der Waals surface area contributed by atoms with Gasteiger partial charge < -0.3 is 4.40 Å². The summed E-state index contributed by atoms with van der Waals surface area (Å²) in [5.74, 6) is 0. The van der Waals surface area contributed by atoms with Gasteiger partial charge in [-0.05, 0) is 29.8 Å². The second-order valence-electron chi connectivity index (χ2n) is 3.34. The second kappa shape index (κ2) is 3.57. The molecule has 0 aliphatic carbocycles. The molecule has 2 aromatic heterocycles. The van der Waals surface area contributed by atoms with Gasteiger partial charge in [-0.3, -0.25) is 10.1 Å². The van der Waals surface area contributed by atoms with Gasteiger partial charge >= 0.3 is 0 Å². The molecule has 0 saturated carbocycles. The van der Waals surface area contributed by atoms with E-state index in [0.717, 1.165) is 11.1 Å². The van der Waals surface area contributed by atoms with Crippen LogP contribution in [0.25, 0.3) is 11.6 Å². The lowest BCUT2D eigenvalue weighted by atomic mass is 10.2. The van der Waals surface area contributed by atoms with Crippen LogP contribution in [0.2, 0.25) is 0 Å². The van der Waals surface area contributed by atoms with E-state index in [9.17, 15) is 10.1 Å². The zero-order valence-corrected chi connectivity index (χ0v) is 8.25. The summed E-state index contributed by atoms with van der Waals surface area (Å²) in [6.07, 6.45) is 5.38. The lowest BCUT2D eigenvalue weighted by molar-refractivity contribution is -0.422. The van der Waals surface area contributed by atoms with Crippen LogP contribution < -0.4 is 0 Å². The van der Waals surface area contributed by atoms with Crippen LogP contribution in [0.15, 0.2) is 42.4 Å². The Morgan fingerprint density at radius 2 is 2.27 bits per heavy atom. The van der Waals surface area contributed by atoms with Gasteiger partial charge in [0.2, 0.25) is 5.70 Å². The molecule has 0 saturated heterocycles. The van der Waals surface area contributed by atoms with E-state index < -0.39 is 0 Å². The molecule has 0 fully saturated rings. The van der Waals surface area contributed by atoms with Gasteiger partial charge in [0.1, 0.15) is 0 Å². The maximum atomic E-state index is 10.4. The van der Waals surface area contributed by atoms with E-state index in [4.69, 9.17) is 0 Å². The SMILES string of the molecule is C/C(=C\c1ccn2cccc2c1)[N+](=O)[O-]. The van der Waals surface area contributed by atoms with E-state index in [-0.39, 0.29) is 10.6 Å². The van der Waals surface area contributed by atoms with Crippen molar-refractivity contribution in [3.05, 3.63) is 58.0 Å². The molecule has 2 aromatic rings. The minimum Gasteiger partial charge on any atom is -0.324 e. The van der Waals surface area contributed by atoms with Gasteiger partial charge in [0.25, 0.3) is 0 Å². The Kier molecular flexibility index (Phi) is 2.25. The molecular formula is C11H10N2O2. The van der Waals surface area contributed by atoms with E-state index >= 15 is 0 Å². The number of hydrogen-bond acceptors (Lipinski definition) is 2. The van der Waals surface area contributed by atoms with Crippen LogP contribution in [-0.2, 0) is 0 Å². The number of nitro groups is 1. The van der Waals surface area contributed by atoms with Gasteiger partial charge in [0.05, 0.1) is 4.92 Å². The normalized spacial score (nSPS) is 11.9. The van der Waals surface area contributed by atoms with Crippen molar-refractivity contribution in [2.75, 3.05) is 0 Å². The molecule has 0 aliphatic heterocycles. The number of hydrogen-bond donors (Lipinski definition) is 0. The summed E-state index contributed by atoms with van der Waals surface area (Å²) in [4.78, 5) is 10.1. The zero-order chi connectivity index (χ0) is 10.8. The van der Waals surface area contributed by atoms with E-state index in [1.54, 1.807) is 6.08 Å². The fraction of sp³-hybridized carbons (Fsp3) is 0.0909. The number of nitrogens with zero attached hydrogens (tertiary/aromatic N) is 2. The van der Waals surface area contributed by atoms with Crippen LogP contribution in [0.5, 0.6) is 0 Å². The van der Waals surface area contributed by atoms with Gasteiger partial charge in [-0.2, -0.15) is 0 Å². The van der Waals surface area contributed by atoms with Crippen molar-refractivity contribution in [1.82, 2.24) is 4.40 Å². The number of fused-ring (bicyclic) bond motifs is 1. The van der Waals surface area contributed by atoms with E-state index in [0.29, 0.717) is 0 Å². The molecule has 0 atom stereocenters. The molecule has 4 nitrogen and oxygen atoms in total. The first kappa shape index (κ1) is 9.45. The molecule has 2 heterocycles. The van der Waals surface area contributed by atoms with Crippen molar-refractivity contribution >= 4 is 11.6 Å². The molecule has 0 bridgehead atoms. The minimum atomic E-state index is -0.387. The molecule has 0 amide bonds. The number of pyridine rings is 1. The zero-order valence-electron chi connectivity index (χ0n) is 8.25. The molecule has 0 spiro atoms. The first-order valence-corrected chi connectivity index (χ1v) is 4.56. The van der Waals surface area contributed by atoms with Gasteiger partial charge in [-0.15, -0.1) is 0 Å². The standard InChI is InChI=1S/C11H10N2O2/c1-9(13(14)15)7-10-4-6-12-5-2-3-11(12)8-10/h2-8H,1H3/b9-7+. The number of allylic oxidation sites excluding steroid dienone is 1. The molecule has 0 aromatic carbocycles. The fourth-order valence-electron chi connectivity index (χ4n) is 1.43. The lowest BCUT2D eigenvalue weighted by Gasteiger charge is -1.97. The van der Waals surface area contributed by atoms with Crippen molar-refractivity contribution in [2.24, 2.45) is 0 Å². The van der Waals surface area contributed by atoms with Crippen LogP contribution in [0.1, 0.15) is 12.5 Å². The summed E-state index contributed by atoms with van der Waals surface area (Å²) in [6, 6.07) is 7.65. The largest absolute Gasteiger partial charge is 0.324 e. The van der Waals surface area contributed by atoms with Gasteiger partial charge in [-0.25, -0.2) is 0 Å². The topological polar surface area (TPSA) is 47.5 Å². The molecular weight excluding hydrogens is 192 g/mol. The van der Waals surface area contributed by atoms with Gasteiger partial charge in [0, 0.05) is 30.9 Å². The Labute approximate surface area is 86.6 Å². The third-order valence-electron chi connectivity index (χ3n) is 2.22. The first-order valence-electron chi connectivity index (χ1n) is 4.56. The summed E-state index contributed by atoms with van der Waals surface area (Å²) in [6.45, 7) is 1.49. The van der Waals surface area contributed by atoms with Crippen molar-refractivity contribution in [3.8, 4) is 0 Å². The molecule has 0 unspecified atom stereocenters. The predicted octanol–water partition coefficient (Wildman–Crippen LogP) is 2.58. The number of rotatable bonds is 2. The maximum Gasteiger partial charge on any atom is 0.243 e. The Morgan fingerprint density at radius 1 is 1.47 bits per heavy atom. The smallest absolute Gasteiger partial charge is 0.243 e. The average molecular weight is 202 g/mol. The monoisotopic (exact) mass is 202 g/mol. The first-order chi connectivity index (χ1) is 7.16.